The molecule has 0 spiro atoms. The Labute approximate surface area is 130 Å². The highest BCUT2D eigenvalue weighted by Crippen LogP contribution is 2.32. The molecule has 0 saturated carbocycles. The highest BCUT2D eigenvalue weighted by molar-refractivity contribution is 6.76. The zero-order valence-electron chi connectivity index (χ0n) is 10.4. The second-order valence-corrected chi connectivity index (χ2v) is 5.88. The van der Waals surface area contributed by atoms with Gasteiger partial charge in [0, 0.05) is 6.20 Å². The molecule has 8 heteroatoms. The van der Waals surface area contributed by atoms with Crippen LogP contribution in [0.2, 0.25) is 0 Å². The van der Waals surface area contributed by atoms with Gasteiger partial charge in [0.05, 0.1) is 18.4 Å². The van der Waals surface area contributed by atoms with Gasteiger partial charge in [0.15, 0.2) is 6.10 Å². The fourth-order valence-electron chi connectivity index (χ4n) is 1.26. The lowest BCUT2D eigenvalue weighted by molar-refractivity contribution is -0.137. The number of alkyl halides is 3. The average Bonchev–Trinajstić information content (AvgIpc) is 2.42. The van der Waals surface area contributed by atoms with Gasteiger partial charge >= 0.3 is 5.97 Å². The average molecular weight is 338 g/mol. The van der Waals surface area contributed by atoms with E-state index < -0.39 is 21.8 Å². The maximum Gasteiger partial charge on any atom is 0.337 e. The van der Waals surface area contributed by atoms with E-state index >= 15 is 0 Å². The Morgan fingerprint density at radius 1 is 1.45 bits per heavy atom. The van der Waals surface area contributed by atoms with Crippen molar-refractivity contribution in [2.24, 2.45) is 0 Å². The molecule has 0 aromatic carbocycles. The number of rotatable bonds is 4. The van der Waals surface area contributed by atoms with E-state index in [1.165, 1.54) is 13.3 Å². The summed E-state index contributed by atoms with van der Waals surface area (Å²) in [5.41, 5.74) is 0.270. The Bertz CT molecular complexity index is 514. The lowest BCUT2D eigenvalue weighted by atomic mass is 10.1. The summed E-state index contributed by atoms with van der Waals surface area (Å²) in [7, 11) is 1.20. The normalized spacial score (nSPS) is 12.4. The van der Waals surface area contributed by atoms with E-state index in [2.05, 4.69) is 16.3 Å². The second-order valence-electron chi connectivity index (χ2n) is 3.60. The molecule has 0 aliphatic carbocycles. The number of halogens is 3. The summed E-state index contributed by atoms with van der Waals surface area (Å²) in [4.78, 5) is 15.6. The van der Waals surface area contributed by atoms with E-state index in [9.17, 15) is 4.79 Å². The van der Waals surface area contributed by atoms with Gasteiger partial charge in [0.1, 0.15) is 0 Å². The first-order chi connectivity index (χ1) is 9.27. The highest BCUT2D eigenvalue weighted by atomic mass is 35.6. The number of hydrogen-bond donors (Lipinski definition) is 1. The first-order valence-corrected chi connectivity index (χ1v) is 6.41. The topological polar surface area (TPSA) is 72.3 Å². The van der Waals surface area contributed by atoms with Crippen molar-refractivity contribution in [3.05, 3.63) is 42.2 Å². The van der Waals surface area contributed by atoms with Gasteiger partial charge in [-0.15, -0.1) is 0 Å². The van der Waals surface area contributed by atoms with Crippen LogP contribution in [0.15, 0.2) is 36.5 Å². The quantitative estimate of drug-likeness (QED) is 0.301. The molecule has 1 aromatic rings. The van der Waals surface area contributed by atoms with Gasteiger partial charge in [-0.3, -0.25) is 10.4 Å². The Balaban J connectivity index is 3.06. The van der Waals surface area contributed by atoms with Gasteiger partial charge in [-0.2, -0.15) is 0 Å². The summed E-state index contributed by atoms with van der Waals surface area (Å²) in [5, 5.41) is 7.57. The molecule has 20 heavy (non-hydrogen) atoms. The number of carbonyl (C=O) groups excluding carboxylic acids is 1. The molecule has 0 unspecified atom stereocenters. The molecule has 1 rings (SSSR count). The highest BCUT2D eigenvalue weighted by Gasteiger charge is 2.34. The molecule has 0 aliphatic rings. The van der Waals surface area contributed by atoms with E-state index in [1.54, 1.807) is 18.2 Å². The third-order valence-corrected chi connectivity index (χ3v) is 2.73. The number of hydrogen-bond acceptors (Lipinski definition) is 5. The summed E-state index contributed by atoms with van der Waals surface area (Å²) >= 11 is 16.6. The van der Waals surface area contributed by atoms with Crippen LogP contribution in [-0.4, -0.2) is 27.8 Å². The number of pyridine rings is 1. The summed E-state index contributed by atoms with van der Waals surface area (Å²) in [6, 6.07) is 4.95. The number of nitrogens with one attached hydrogen (secondary N) is 1. The van der Waals surface area contributed by atoms with Crippen molar-refractivity contribution >= 4 is 46.7 Å². The molecule has 0 aliphatic heterocycles. The zero-order chi connectivity index (χ0) is 15.3. The van der Waals surface area contributed by atoms with Gasteiger partial charge in [0.2, 0.25) is 5.90 Å². The van der Waals surface area contributed by atoms with Crippen molar-refractivity contribution in [1.29, 1.82) is 5.41 Å². The first kappa shape index (κ1) is 16.8. The lowest BCUT2D eigenvalue weighted by Gasteiger charge is -2.22. The van der Waals surface area contributed by atoms with Gasteiger partial charge in [-0.25, -0.2) is 4.79 Å². The maximum atomic E-state index is 11.6. The fourth-order valence-corrected chi connectivity index (χ4v) is 1.40. The summed E-state index contributed by atoms with van der Waals surface area (Å²) in [6.45, 7) is 3.57. The fraction of sp³-hybridized carbons (Fsp3) is 0.250. The van der Waals surface area contributed by atoms with Crippen LogP contribution < -0.4 is 0 Å². The van der Waals surface area contributed by atoms with Crippen LogP contribution in [0.5, 0.6) is 0 Å². The molecule has 1 aromatic heterocycles. The maximum absolute atomic E-state index is 11.6. The van der Waals surface area contributed by atoms with Crippen molar-refractivity contribution in [2.45, 2.75) is 9.90 Å². The molecule has 1 atom stereocenters. The van der Waals surface area contributed by atoms with Crippen LogP contribution in [0.1, 0.15) is 11.8 Å². The first-order valence-electron chi connectivity index (χ1n) is 5.27. The summed E-state index contributed by atoms with van der Waals surface area (Å²) in [5.74, 6) is -1.36. The SMILES string of the molecule is C=C(C(=O)OC)[C@@H](OC(=N)C(Cl)(Cl)Cl)c1ccccn1. The van der Waals surface area contributed by atoms with Crippen molar-refractivity contribution < 1.29 is 14.3 Å². The van der Waals surface area contributed by atoms with E-state index in [0.717, 1.165) is 0 Å². The van der Waals surface area contributed by atoms with Crippen LogP contribution >= 0.6 is 34.8 Å². The number of aromatic nitrogens is 1. The number of methoxy groups -OCH3 is 1. The van der Waals surface area contributed by atoms with E-state index in [1.807, 2.05) is 0 Å². The minimum absolute atomic E-state index is 0.0646. The molecular weight excluding hydrogens is 327 g/mol. The van der Waals surface area contributed by atoms with Crippen molar-refractivity contribution in [2.75, 3.05) is 7.11 Å². The Morgan fingerprint density at radius 2 is 2.10 bits per heavy atom. The monoisotopic (exact) mass is 336 g/mol. The van der Waals surface area contributed by atoms with E-state index in [4.69, 9.17) is 44.9 Å². The second kappa shape index (κ2) is 6.92. The number of esters is 1. The predicted molar refractivity (Wildman–Crippen MR) is 77.2 cm³/mol. The van der Waals surface area contributed by atoms with Crippen LogP contribution in [0.3, 0.4) is 0 Å². The number of carbonyl (C=O) groups is 1. The Kier molecular flexibility index (Phi) is 5.80. The van der Waals surface area contributed by atoms with Crippen molar-refractivity contribution in [3.63, 3.8) is 0 Å². The number of nitrogens with zero attached hydrogens (tertiary/aromatic N) is 1. The van der Waals surface area contributed by atoms with Crippen LogP contribution in [0, 0.1) is 5.41 Å². The standard InChI is InChI=1S/C12H11Cl3N2O3/c1-7(10(18)19-2)9(8-5-3-4-6-17-8)20-11(16)12(13,14)15/h3-6,9,16H,1H2,2H3/t9-/m1/s1. The van der Waals surface area contributed by atoms with Crippen LogP contribution in [-0.2, 0) is 14.3 Å². The molecule has 1 N–H and O–H groups in total. The van der Waals surface area contributed by atoms with Crippen molar-refractivity contribution in [1.82, 2.24) is 4.98 Å². The van der Waals surface area contributed by atoms with Crippen molar-refractivity contribution in [3.8, 4) is 0 Å². The van der Waals surface area contributed by atoms with E-state index in [0.29, 0.717) is 5.69 Å². The summed E-state index contributed by atoms with van der Waals surface area (Å²) in [6.07, 6.45) is 0.418. The molecular formula is C12H11Cl3N2O3. The molecule has 0 saturated heterocycles. The van der Waals surface area contributed by atoms with Crippen LogP contribution in [0.4, 0.5) is 0 Å². The summed E-state index contributed by atoms with van der Waals surface area (Å²) < 4.78 is 7.72. The Hall–Kier alpha value is -1.30. The third kappa shape index (κ3) is 4.37. The zero-order valence-corrected chi connectivity index (χ0v) is 12.7. The Morgan fingerprint density at radius 3 is 2.55 bits per heavy atom. The lowest BCUT2D eigenvalue weighted by Crippen LogP contribution is -2.26. The smallest absolute Gasteiger partial charge is 0.337 e. The molecule has 0 fully saturated rings. The minimum atomic E-state index is -2.05. The van der Waals surface area contributed by atoms with Gasteiger partial charge < -0.3 is 9.47 Å². The molecule has 5 nitrogen and oxygen atoms in total. The molecule has 108 valence electrons. The molecule has 1 heterocycles. The minimum Gasteiger partial charge on any atom is -0.466 e. The predicted octanol–water partition coefficient (Wildman–Crippen LogP) is 3.22. The van der Waals surface area contributed by atoms with Gasteiger partial charge in [0.25, 0.3) is 3.79 Å². The third-order valence-electron chi connectivity index (χ3n) is 2.21. The van der Waals surface area contributed by atoms with Crippen LogP contribution in [0.25, 0.3) is 0 Å². The molecule has 0 bridgehead atoms. The molecule has 0 radical (unpaired) electrons. The van der Waals surface area contributed by atoms with E-state index in [-0.39, 0.29) is 5.57 Å². The van der Waals surface area contributed by atoms with Gasteiger partial charge in [-0.1, -0.05) is 47.4 Å². The van der Waals surface area contributed by atoms with Gasteiger partial charge in [-0.05, 0) is 12.1 Å². The number of ether oxygens (including phenoxy) is 2. The molecule has 0 amide bonds. The largest absolute Gasteiger partial charge is 0.466 e.